The van der Waals surface area contributed by atoms with E-state index in [9.17, 15) is 9.00 Å². The third-order valence-electron chi connectivity index (χ3n) is 3.52. The first-order valence-electron chi connectivity index (χ1n) is 6.35. The molecule has 2 N–H and O–H groups in total. The molecule has 4 atom stereocenters. The first kappa shape index (κ1) is 14.6. The summed E-state index contributed by atoms with van der Waals surface area (Å²) in [6.07, 6.45) is 4.52. The first-order chi connectivity index (χ1) is 8.02. The minimum atomic E-state index is -0.800. The van der Waals surface area contributed by atoms with Gasteiger partial charge in [0.25, 0.3) is 0 Å². The molecule has 0 spiro atoms. The van der Waals surface area contributed by atoms with Crippen molar-refractivity contribution in [2.45, 2.75) is 44.4 Å². The Bertz CT molecular complexity index is 284. The predicted molar refractivity (Wildman–Crippen MR) is 71.3 cm³/mol. The van der Waals surface area contributed by atoms with Crippen LogP contribution in [0.2, 0.25) is 0 Å². The van der Waals surface area contributed by atoms with Gasteiger partial charge in [-0.05, 0) is 32.7 Å². The van der Waals surface area contributed by atoms with Crippen LogP contribution >= 0.6 is 0 Å². The van der Waals surface area contributed by atoms with Crippen LogP contribution < -0.4 is 10.6 Å². The largest absolute Gasteiger partial charge is 0.356 e. The summed E-state index contributed by atoms with van der Waals surface area (Å²) in [5, 5.41) is 6.43. The van der Waals surface area contributed by atoms with Gasteiger partial charge in [-0.3, -0.25) is 9.00 Å². The van der Waals surface area contributed by atoms with E-state index >= 15 is 0 Å². The Hall–Kier alpha value is -0.420. The minimum Gasteiger partial charge on any atom is -0.356 e. The number of carbonyl (C=O) groups is 1. The van der Waals surface area contributed by atoms with Gasteiger partial charge in [-0.25, -0.2) is 0 Å². The van der Waals surface area contributed by atoms with Gasteiger partial charge in [0.2, 0.25) is 5.91 Å². The zero-order valence-electron chi connectivity index (χ0n) is 11.0. The average molecular weight is 260 g/mol. The molecule has 0 aliphatic carbocycles. The van der Waals surface area contributed by atoms with Crippen molar-refractivity contribution in [1.29, 1.82) is 0 Å². The van der Waals surface area contributed by atoms with Crippen molar-refractivity contribution in [2.24, 2.45) is 5.92 Å². The van der Waals surface area contributed by atoms with Gasteiger partial charge >= 0.3 is 0 Å². The SMILES string of the molecule is CC1NCCCC1C(=O)NCCC(C)S(C)=O. The molecule has 1 aliphatic heterocycles. The van der Waals surface area contributed by atoms with Gasteiger partial charge in [-0.1, -0.05) is 6.92 Å². The summed E-state index contributed by atoms with van der Waals surface area (Å²) in [5.74, 6) is 0.227. The fourth-order valence-corrected chi connectivity index (χ4v) is 2.55. The molecule has 4 nitrogen and oxygen atoms in total. The van der Waals surface area contributed by atoms with Crippen LogP contribution in [0.3, 0.4) is 0 Å². The van der Waals surface area contributed by atoms with Crippen molar-refractivity contribution >= 4 is 16.7 Å². The zero-order valence-corrected chi connectivity index (χ0v) is 11.8. The fraction of sp³-hybridized carbons (Fsp3) is 0.917. The predicted octanol–water partition coefficient (Wildman–Crippen LogP) is 0.648. The summed E-state index contributed by atoms with van der Waals surface area (Å²) in [7, 11) is -0.800. The molecule has 17 heavy (non-hydrogen) atoms. The third kappa shape index (κ3) is 4.76. The summed E-state index contributed by atoms with van der Waals surface area (Å²) in [5.41, 5.74) is 0. The van der Waals surface area contributed by atoms with E-state index < -0.39 is 10.8 Å². The molecule has 5 heteroatoms. The number of amides is 1. The molecule has 1 saturated heterocycles. The van der Waals surface area contributed by atoms with E-state index in [0.29, 0.717) is 6.54 Å². The summed E-state index contributed by atoms with van der Waals surface area (Å²) in [4.78, 5) is 11.9. The standard InChI is InChI=1S/C12H24N2O2S/c1-9(17(3)16)6-8-14-12(15)11-5-4-7-13-10(11)2/h9-11,13H,4-8H2,1-3H3,(H,14,15). The highest BCUT2D eigenvalue weighted by Crippen LogP contribution is 2.16. The average Bonchev–Trinajstić information content (AvgIpc) is 2.29. The molecule has 0 aromatic heterocycles. The second-order valence-corrected chi connectivity index (χ2v) is 6.68. The van der Waals surface area contributed by atoms with Crippen LogP contribution in [0.15, 0.2) is 0 Å². The lowest BCUT2D eigenvalue weighted by molar-refractivity contribution is -0.126. The first-order valence-corrected chi connectivity index (χ1v) is 7.97. The van der Waals surface area contributed by atoms with Gasteiger partial charge in [0, 0.05) is 34.9 Å². The molecule has 1 rings (SSSR count). The van der Waals surface area contributed by atoms with Crippen LogP contribution in [0.5, 0.6) is 0 Å². The zero-order chi connectivity index (χ0) is 12.8. The normalized spacial score (nSPS) is 28.4. The quantitative estimate of drug-likeness (QED) is 0.763. The molecule has 1 aliphatic rings. The van der Waals surface area contributed by atoms with Gasteiger partial charge in [0.15, 0.2) is 0 Å². The van der Waals surface area contributed by atoms with E-state index in [0.717, 1.165) is 25.8 Å². The molecule has 0 aromatic carbocycles. The van der Waals surface area contributed by atoms with Crippen LogP contribution in [0, 0.1) is 5.92 Å². The number of nitrogens with one attached hydrogen (secondary N) is 2. The number of hydrogen-bond donors (Lipinski definition) is 2. The highest BCUT2D eigenvalue weighted by atomic mass is 32.2. The minimum absolute atomic E-state index is 0.0891. The topological polar surface area (TPSA) is 58.2 Å². The Balaban J connectivity index is 2.26. The van der Waals surface area contributed by atoms with E-state index in [1.54, 1.807) is 6.26 Å². The van der Waals surface area contributed by atoms with E-state index in [-0.39, 0.29) is 23.1 Å². The summed E-state index contributed by atoms with van der Waals surface area (Å²) >= 11 is 0. The second-order valence-electron chi connectivity index (χ2n) is 4.88. The van der Waals surface area contributed by atoms with Crippen LogP contribution in [0.1, 0.15) is 33.1 Å². The van der Waals surface area contributed by atoms with Crippen LogP contribution in [0.4, 0.5) is 0 Å². The molecule has 1 fully saturated rings. The van der Waals surface area contributed by atoms with Gasteiger partial charge < -0.3 is 10.6 Å². The molecular weight excluding hydrogens is 236 g/mol. The molecule has 0 bridgehead atoms. The molecule has 1 heterocycles. The van der Waals surface area contributed by atoms with Crippen molar-refractivity contribution in [1.82, 2.24) is 10.6 Å². The van der Waals surface area contributed by atoms with Gasteiger partial charge in [-0.2, -0.15) is 0 Å². The molecule has 100 valence electrons. The molecular formula is C12H24N2O2S. The van der Waals surface area contributed by atoms with Crippen molar-refractivity contribution in [2.75, 3.05) is 19.3 Å². The maximum absolute atomic E-state index is 11.9. The molecule has 1 amide bonds. The Morgan fingerprint density at radius 1 is 1.59 bits per heavy atom. The monoisotopic (exact) mass is 260 g/mol. The summed E-state index contributed by atoms with van der Waals surface area (Å²) in [6.45, 7) is 5.65. The Morgan fingerprint density at radius 2 is 2.29 bits per heavy atom. The van der Waals surface area contributed by atoms with E-state index in [2.05, 4.69) is 17.6 Å². The van der Waals surface area contributed by atoms with Crippen molar-refractivity contribution in [3.8, 4) is 0 Å². The van der Waals surface area contributed by atoms with Crippen LogP contribution in [-0.4, -0.2) is 40.8 Å². The lowest BCUT2D eigenvalue weighted by atomic mass is 9.91. The maximum Gasteiger partial charge on any atom is 0.224 e. The second kappa shape index (κ2) is 7.11. The third-order valence-corrected chi connectivity index (χ3v) is 4.88. The van der Waals surface area contributed by atoms with E-state index in [4.69, 9.17) is 0 Å². The number of piperidine rings is 1. The van der Waals surface area contributed by atoms with E-state index in [1.165, 1.54) is 0 Å². The smallest absolute Gasteiger partial charge is 0.224 e. The molecule has 4 unspecified atom stereocenters. The maximum atomic E-state index is 11.9. The number of hydrogen-bond acceptors (Lipinski definition) is 3. The number of carbonyl (C=O) groups excluding carboxylic acids is 1. The molecule has 0 radical (unpaired) electrons. The van der Waals surface area contributed by atoms with Crippen molar-refractivity contribution in [3.05, 3.63) is 0 Å². The van der Waals surface area contributed by atoms with Gasteiger partial charge in [0.1, 0.15) is 0 Å². The van der Waals surface area contributed by atoms with E-state index in [1.807, 2.05) is 6.92 Å². The highest BCUT2D eigenvalue weighted by Gasteiger charge is 2.27. The van der Waals surface area contributed by atoms with Crippen LogP contribution in [-0.2, 0) is 15.6 Å². The summed E-state index contributed by atoms with van der Waals surface area (Å²) in [6, 6.07) is 0.265. The highest BCUT2D eigenvalue weighted by molar-refractivity contribution is 7.84. The Kier molecular flexibility index (Phi) is 6.12. The van der Waals surface area contributed by atoms with Crippen molar-refractivity contribution < 1.29 is 9.00 Å². The lowest BCUT2D eigenvalue weighted by Gasteiger charge is -2.29. The summed E-state index contributed by atoms with van der Waals surface area (Å²) < 4.78 is 11.2. The fourth-order valence-electron chi connectivity index (χ4n) is 2.10. The van der Waals surface area contributed by atoms with Crippen LogP contribution in [0.25, 0.3) is 0 Å². The van der Waals surface area contributed by atoms with Crippen molar-refractivity contribution in [3.63, 3.8) is 0 Å². The number of rotatable bonds is 5. The molecule has 0 saturated carbocycles. The van der Waals surface area contributed by atoms with Gasteiger partial charge in [-0.15, -0.1) is 0 Å². The lowest BCUT2D eigenvalue weighted by Crippen LogP contribution is -2.47. The Labute approximate surface area is 106 Å². The molecule has 0 aromatic rings. The van der Waals surface area contributed by atoms with Gasteiger partial charge in [0.05, 0.1) is 5.92 Å². The Morgan fingerprint density at radius 3 is 2.88 bits per heavy atom.